The van der Waals surface area contributed by atoms with Crippen molar-refractivity contribution in [3.8, 4) is 0 Å². The van der Waals surface area contributed by atoms with Crippen molar-refractivity contribution < 1.29 is 8.42 Å². The summed E-state index contributed by atoms with van der Waals surface area (Å²) < 4.78 is 27.9. The molecule has 0 saturated carbocycles. The van der Waals surface area contributed by atoms with Crippen LogP contribution in [0, 0.1) is 0 Å². The van der Waals surface area contributed by atoms with Gasteiger partial charge in [0.1, 0.15) is 0 Å². The van der Waals surface area contributed by atoms with Gasteiger partial charge >= 0.3 is 5.69 Å². The Balaban J connectivity index is 2.06. The first-order valence-electron chi connectivity index (χ1n) is 8.79. The predicted octanol–water partition coefficient (Wildman–Crippen LogP) is 3.76. The van der Waals surface area contributed by atoms with Crippen molar-refractivity contribution in [1.82, 2.24) is 8.54 Å². The minimum Gasteiger partial charge on any atom is -0.288 e. The Hall–Kier alpha value is -2.87. The quantitative estimate of drug-likeness (QED) is 0.464. The third-order valence-corrected chi connectivity index (χ3v) is 6.76. The van der Waals surface area contributed by atoms with E-state index >= 15 is 0 Å². The molecule has 0 unspecified atom stereocenters. The van der Waals surface area contributed by atoms with Crippen LogP contribution in [0.25, 0.3) is 10.9 Å². The Morgan fingerprint density at radius 1 is 0.800 bits per heavy atom. The summed E-state index contributed by atoms with van der Waals surface area (Å²) in [5.41, 5.74) is -0.904. The number of benzene rings is 3. The summed E-state index contributed by atoms with van der Waals surface area (Å²) in [6.45, 7) is 0.0624. The Morgan fingerprint density at radius 3 is 2.10 bits per heavy atom. The van der Waals surface area contributed by atoms with Gasteiger partial charge in [0.15, 0.2) is 0 Å². The molecule has 1 aromatic heterocycles. The standard InChI is InChI=1S/C21H14Cl2N2O4S/c22-15-6-9-17(10-7-15)30(28,29)25-20(26)18-11-8-16(23)12-19(18)24(21(25)27)13-14-4-2-1-3-5-14/h1-12H,13H2. The molecule has 4 rings (SSSR count). The van der Waals surface area contributed by atoms with Crippen LogP contribution in [0.5, 0.6) is 0 Å². The van der Waals surface area contributed by atoms with Crippen molar-refractivity contribution in [3.05, 3.63) is 109 Å². The van der Waals surface area contributed by atoms with Gasteiger partial charge in [0, 0.05) is 10.0 Å². The van der Waals surface area contributed by atoms with E-state index in [-0.39, 0.29) is 26.3 Å². The van der Waals surface area contributed by atoms with Gasteiger partial charge in [-0.2, -0.15) is 0 Å². The summed E-state index contributed by atoms with van der Waals surface area (Å²) in [5, 5.41) is 0.713. The summed E-state index contributed by atoms with van der Waals surface area (Å²) in [7, 11) is -4.45. The van der Waals surface area contributed by atoms with Gasteiger partial charge in [0.05, 0.1) is 22.3 Å². The van der Waals surface area contributed by atoms with Crippen molar-refractivity contribution in [2.45, 2.75) is 11.4 Å². The number of hydrogen-bond donors (Lipinski definition) is 0. The largest absolute Gasteiger partial charge is 0.346 e. The summed E-state index contributed by atoms with van der Waals surface area (Å²) >= 11 is 11.9. The van der Waals surface area contributed by atoms with E-state index in [9.17, 15) is 18.0 Å². The number of rotatable bonds is 4. The van der Waals surface area contributed by atoms with E-state index in [2.05, 4.69) is 0 Å². The normalized spacial score (nSPS) is 11.7. The molecule has 0 aliphatic rings. The van der Waals surface area contributed by atoms with Crippen LogP contribution >= 0.6 is 23.2 Å². The molecule has 152 valence electrons. The minimum atomic E-state index is -4.45. The molecule has 0 N–H and O–H groups in total. The zero-order valence-electron chi connectivity index (χ0n) is 15.3. The maximum absolute atomic E-state index is 13.3. The Labute approximate surface area is 181 Å². The highest BCUT2D eigenvalue weighted by Gasteiger charge is 2.25. The fourth-order valence-corrected chi connectivity index (χ4v) is 4.76. The first-order chi connectivity index (χ1) is 14.3. The first-order valence-corrected chi connectivity index (χ1v) is 11.0. The number of fused-ring (bicyclic) bond motifs is 1. The molecule has 4 aromatic rings. The van der Waals surface area contributed by atoms with Gasteiger partial charge in [-0.15, -0.1) is 3.97 Å². The van der Waals surface area contributed by atoms with Crippen LogP contribution in [0.1, 0.15) is 5.56 Å². The lowest BCUT2D eigenvalue weighted by Crippen LogP contribution is -2.44. The Kier molecular flexibility index (Phi) is 5.27. The van der Waals surface area contributed by atoms with Crippen LogP contribution in [-0.4, -0.2) is 17.0 Å². The van der Waals surface area contributed by atoms with E-state index in [0.717, 1.165) is 5.56 Å². The van der Waals surface area contributed by atoms with E-state index in [1.807, 2.05) is 6.07 Å². The Bertz CT molecular complexity index is 1480. The lowest BCUT2D eigenvalue weighted by molar-refractivity contribution is 0.577. The Morgan fingerprint density at radius 2 is 1.43 bits per heavy atom. The van der Waals surface area contributed by atoms with E-state index in [1.165, 1.54) is 47.0 Å². The monoisotopic (exact) mass is 460 g/mol. The molecule has 0 aliphatic carbocycles. The fraction of sp³-hybridized carbons (Fsp3) is 0.0476. The predicted molar refractivity (Wildman–Crippen MR) is 117 cm³/mol. The molecule has 0 radical (unpaired) electrons. The second-order valence-electron chi connectivity index (χ2n) is 6.54. The van der Waals surface area contributed by atoms with Crippen molar-refractivity contribution >= 4 is 44.1 Å². The smallest absolute Gasteiger partial charge is 0.288 e. The minimum absolute atomic E-state index is 0.0624. The third-order valence-electron chi connectivity index (χ3n) is 4.61. The second kappa shape index (κ2) is 7.75. The van der Waals surface area contributed by atoms with Crippen LogP contribution < -0.4 is 11.2 Å². The lowest BCUT2D eigenvalue weighted by Gasteiger charge is -2.15. The molecule has 1 heterocycles. The summed E-state index contributed by atoms with van der Waals surface area (Å²) in [6, 6.07) is 18.6. The molecule has 0 atom stereocenters. The van der Waals surface area contributed by atoms with Crippen molar-refractivity contribution in [3.63, 3.8) is 0 Å². The van der Waals surface area contributed by atoms with Gasteiger partial charge in [-0.3, -0.25) is 9.36 Å². The molecule has 0 aliphatic heterocycles. The number of nitrogens with zero attached hydrogens (tertiary/aromatic N) is 2. The van der Waals surface area contributed by atoms with E-state index in [0.29, 0.717) is 10.0 Å². The highest BCUT2D eigenvalue weighted by molar-refractivity contribution is 7.90. The summed E-state index contributed by atoms with van der Waals surface area (Å²) in [4.78, 5) is 26.1. The third kappa shape index (κ3) is 3.56. The molecular weight excluding hydrogens is 447 g/mol. The van der Waals surface area contributed by atoms with Crippen molar-refractivity contribution in [2.24, 2.45) is 0 Å². The molecule has 0 bridgehead atoms. The van der Waals surface area contributed by atoms with Gasteiger partial charge in [0.25, 0.3) is 15.6 Å². The molecule has 6 nitrogen and oxygen atoms in total. The molecule has 0 amide bonds. The van der Waals surface area contributed by atoms with E-state index in [1.54, 1.807) is 24.3 Å². The zero-order valence-corrected chi connectivity index (χ0v) is 17.7. The topological polar surface area (TPSA) is 78.1 Å². The van der Waals surface area contributed by atoms with Gasteiger partial charge in [-0.1, -0.05) is 53.5 Å². The molecule has 0 spiro atoms. The average molecular weight is 461 g/mol. The average Bonchev–Trinajstić information content (AvgIpc) is 2.72. The zero-order chi connectivity index (χ0) is 21.5. The van der Waals surface area contributed by atoms with Gasteiger partial charge in [-0.05, 0) is 48.0 Å². The maximum atomic E-state index is 13.3. The lowest BCUT2D eigenvalue weighted by atomic mass is 10.2. The molecule has 3 aromatic carbocycles. The van der Waals surface area contributed by atoms with Gasteiger partial charge < -0.3 is 0 Å². The fourth-order valence-electron chi connectivity index (χ4n) is 3.16. The summed E-state index contributed by atoms with van der Waals surface area (Å²) in [5.74, 6) is 0. The van der Waals surface area contributed by atoms with Crippen LogP contribution in [0.3, 0.4) is 0 Å². The van der Waals surface area contributed by atoms with E-state index < -0.39 is 21.3 Å². The number of halogens is 2. The number of hydrogen-bond acceptors (Lipinski definition) is 4. The SMILES string of the molecule is O=c1c2ccc(Cl)cc2n(Cc2ccccc2)c(=O)n1S(=O)(=O)c1ccc(Cl)cc1. The van der Waals surface area contributed by atoms with E-state index in [4.69, 9.17) is 23.2 Å². The summed E-state index contributed by atoms with van der Waals surface area (Å²) in [6.07, 6.45) is 0. The number of aromatic nitrogens is 2. The second-order valence-corrected chi connectivity index (χ2v) is 9.20. The highest BCUT2D eigenvalue weighted by Crippen LogP contribution is 2.19. The van der Waals surface area contributed by atoms with Crippen LogP contribution in [0.4, 0.5) is 0 Å². The van der Waals surface area contributed by atoms with Crippen LogP contribution in [-0.2, 0) is 16.6 Å². The maximum Gasteiger partial charge on any atom is 0.346 e. The molecular formula is C21H14Cl2N2O4S. The van der Waals surface area contributed by atoms with Crippen molar-refractivity contribution in [1.29, 1.82) is 0 Å². The highest BCUT2D eigenvalue weighted by atomic mass is 35.5. The molecule has 9 heteroatoms. The molecule has 30 heavy (non-hydrogen) atoms. The van der Waals surface area contributed by atoms with Crippen molar-refractivity contribution in [2.75, 3.05) is 0 Å². The molecule has 0 saturated heterocycles. The van der Waals surface area contributed by atoms with Crippen LogP contribution in [0.15, 0.2) is 87.3 Å². The first kappa shape index (κ1) is 20.4. The molecule has 0 fully saturated rings. The van der Waals surface area contributed by atoms with Gasteiger partial charge in [0.2, 0.25) is 0 Å². The van der Waals surface area contributed by atoms with Gasteiger partial charge in [-0.25, -0.2) is 13.2 Å². The van der Waals surface area contributed by atoms with Crippen LogP contribution in [0.2, 0.25) is 10.0 Å².